The molecule has 0 spiro atoms. The van der Waals surface area contributed by atoms with Gasteiger partial charge in [0, 0.05) is 0 Å². The standard InChI is InChI=1S/C14H20/c1-7-9(2)14-8-10(3)11(4)12(5)13(14)6/h7-8H,1-6H3/b9-7+. The average molecular weight is 188 g/mol. The Kier molecular flexibility index (Phi) is 3.15. The molecule has 0 saturated carbocycles. The van der Waals surface area contributed by atoms with E-state index in [-0.39, 0.29) is 0 Å². The molecule has 0 bridgehead atoms. The second-order valence-electron chi connectivity index (χ2n) is 4.09. The number of allylic oxidation sites excluding steroid dienone is 2. The normalized spacial score (nSPS) is 12.0. The summed E-state index contributed by atoms with van der Waals surface area (Å²) in [6.45, 7) is 13.1. The van der Waals surface area contributed by atoms with E-state index in [2.05, 4.69) is 53.7 Å². The lowest BCUT2D eigenvalue weighted by Gasteiger charge is -2.14. The minimum atomic E-state index is 1.37. The van der Waals surface area contributed by atoms with Crippen LogP contribution in [0.5, 0.6) is 0 Å². The number of hydrogen-bond donors (Lipinski definition) is 0. The van der Waals surface area contributed by atoms with Gasteiger partial charge >= 0.3 is 0 Å². The first-order valence-electron chi connectivity index (χ1n) is 5.19. The van der Waals surface area contributed by atoms with Crippen LogP contribution in [0.3, 0.4) is 0 Å². The van der Waals surface area contributed by atoms with E-state index in [1.807, 2.05) is 0 Å². The summed E-state index contributed by atoms with van der Waals surface area (Å²) in [5.74, 6) is 0. The molecule has 0 N–H and O–H groups in total. The van der Waals surface area contributed by atoms with E-state index >= 15 is 0 Å². The zero-order valence-corrected chi connectivity index (χ0v) is 10.2. The number of hydrogen-bond acceptors (Lipinski definition) is 0. The van der Waals surface area contributed by atoms with Crippen molar-refractivity contribution < 1.29 is 0 Å². The number of aryl methyl sites for hydroxylation is 1. The molecule has 0 aliphatic rings. The summed E-state index contributed by atoms with van der Waals surface area (Å²) in [7, 11) is 0. The molecule has 1 aromatic rings. The molecule has 0 aromatic heterocycles. The molecule has 0 nitrogen and oxygen atoms in total. The summed E-state index contributed by atoms with van der Waals surface area (Å²) in [6.07, 6.45) is 2.18. The molecule has 0 heterocycles. The number of rotatable bonds is 1. The van der Waals surface area contributed by atoms with Gasteiger partial charge in [0.1, 0.15) is 0 Å². The lowest BCUT2D eigenvalue weighted by molar-refractivity contribution is 1.20. The van der Waals surface area contributed by atoms with E-state index in [1.165, 1.54) is 33.4 Å². The summed E-state index contributed by atoms with van der Waals surface area (Å²) >= 11 is 0. The highest BCUT2D eigenvalue weighted by Crippen LogP contribution is 2.26. The first kappa shape index (κ1) is 11.0. The first-order valence-corrected chi connectivity index (χ1v) is 5.19. The van der Waals surface area contributed by atoms with Crippen molar-refractivity contribution in [1.82, 2.24) is 0 Å². The maximum Gasteiger partial charge on any atom is -0.0196 e. The molecule has 0 amide bonds. The summed E-state index contributed by atoms with van der Waals surface area (Å²) < 4.78 is 0. The molecule has 0 radical (unpaired) electrons. The molecule has 0 fully saturated rings. The molecule has 0 aliphatic heterocycles. The van der Waals surface area contributed by atoms with E-state index in [0.717, 1.165) is 0 Å². The third-order valence-electron chi connectivity index (χ3n) is 3.34. The Hall–Kier alpha value is -1.04. The summed E-state index contributed by atoms with van der Waals surface area (Å²) in [5.41, 5.74) is 8.44. The Labute approximate surface area is 87.7 Å². The van der Waals surface area contributed by atoms with E-state index in [1.54, 1.807) is 0 Å². The molecule has 76 valence electrons. The maximum atomic E-state index is 2.30. The zero-order chi connectivity index (χ0) is 10.9. The molecule has 0 heteroatoms. The minimum Gasteiger partial charge on any atom is -0.0841 e. The van der Waals surface area contributed by atoms with Gasteiger partial charge in [-0.05, 0) is 74.9 Å². The van der Waals surface area contributed by atoms with Gasteiger partial charge in [0.2, 0.25) is 0 Å². The predicted molar refractivity (Wildman–Crippen MR) is 64.7 cm³/mol. The van der Waals surface area contributed by atoms with E-state index in [9.17, 15) is 0 Å². The fraction of sp³-hybridized carbons (Fsp3) is 0.429. The fourth-order valence-electron chi connectivity index (χ4n) is 1.78. The fourth-order valence-corrected chi connectivity index (χ4v) is 1.78. The lowest BCUT2D eigenvalue weighted by Crippen LogP contribution is -1.96. The Morgan fingerprint density at radius 1 is 1.00 bits per heavy atom. The quantitative estimate of drug-likeness (QED) is 0.615. The van der Waals surface area contributed by atoms with Gasteiger partial charge < -0.3 is 0 Å². The van der Waals surface area contributed by atoms with Crippen molar-refractivity contribution in [2.24, 2.45) is 0 Å². The third-order valence-corrected chi connectivity index (χ3v) is 3.34. The minimum absolute atomic E-state index is 1.37. The van der Waals surface area contributed by atoms with Crippen molar-refractivity contribution >= 4 is 5.57 Å². The van der Waals surface area contributed by atoms with Gasteiger partial charge in [-0.2, -0.15) is 0 Å². The Balaban J connectivity index is 3.48. The SMILES string of the molecule is C/C=C(\C)c1cc(C)c(C)c(C)c1C. The van der Waals surface area contributed by atoms with Crippen molar-refractivity contribution in [3.8, 4) is 0 Å². The molecule has 1 aromatic carbocycles. The average Bonchev–Trinajstić information content (AvgIpc) is 2.19. The van der Waals surface area contributed by atoms with Crippen molar-refractivity contribution in [1.29, 1.82) is 0 Å². The maximum absolute atomic E-state index is 2.30. The molecular weight excluding hydrogens is 168 g/mol. The Bertz CT molecular complexity index is 382. The molecular formula is C14H20. The Morgan fingerprint density at radius 2 is 1.57 bits per heavy atom. The molecule has 0 aliphatic carbocycles. The predicted octanol–water partition coefficient (Wildman–Crippen LogP) is 4.34. The van der Waals surface area contributed by atoms with Crippen LogP contribution >= 0.6 is 0 Å². The van der Waals surface area contributed by atoms with Crippen molar-refractivity contribution in [3.05, 3.63) is 40.0 Å². The van der Waals surface area contributed by atoms with Crippen molar-refractivity contribution in [2.45, 2.75) is 41.5 Å². The van der Waals surface area contributed by atoms with E-state index in [4.69, 9.17) is 0 Å². The highest BCUT2D eigenvalue weighted by atomic mass is 14.1. The van der Waals surface area contributed by atoms with Gasteiger partial charge in [0.05, 0.1) is 0 Å². The highest BCUT2D eigenvalue weighted by Gasteiger charge is 2.07. The van der Waals surface area contributed by atoms with Crippen LogP contribution < -0.4 is 0 Å². The van der Waals surface area contributed by atoms with Gasteiger partial charge in [0.25, 0.3) is 0 Å². The summed E-state index contributed by atoms with van der Waals surface area (Å²) in [4.78, 5) is 0. The van der Waals surface area contributed by atoms with Crippen LogP contribution in [0, 0.1) is 27.7 Å². The van der Waals surface area contributed by atoms with Gasteiger partial charge in [-0.25, -0.2) is 0 Å². The topological polar surface area (TPSA) is 0 Å². The first-order chi connectivity index (χ1) is 6.49. The van der Waals surface area contributed by atoms with Crippen LogP contribution in [0.1, 0.15) is 41.7 Å². The molecule has 1 rings (SSSR count). The van der Waals surface area contributed by atoms with E-state index in [0.29, 0.717) is 0 Å². The van der Waals surface area contributed by atoms with E-state index < -0.39 is 0 Å². The third kappa shape index (κ3) is 1.75. The Morgan fingerprint density at radius 3 is 2.07 bits per heavy atom. The molecule has 0 atom stereocenters. The van der Waals surface area contributed by atoms with Crippen LogP contribution in [0.2, 0.25) is 0 Å². The highest BCUT2D eigenvalue weighted by molar-refractivity contribution is 5.68. The smallest absolute Gasteiger partial charge is 0.0196 e. The van der Waals surface area contributed by atoms with Crippen LogP contribution in [-0.4, -0.2) is 0 Å². The second-order valence-corrected chi connectivity index (χ2v) is 4.09. The van der Waals surface area contributed by atoms with Crippen LogP contribution in [0.25, 0.3) is 5.57 Å². The van der Waals surface area contributed by atoms with Crippen LogP contribution in [-0.2, 0) is 0 Å². The molecule has 0 saturated heterocycles. The lowest BCUT2D eigenvalue weighted by atomic mass is 9.91. The second kappa shape index (κ2) is 4.00. The summed E-state index contributed by atoms with van der Waals surface area (Å²) in [6, 6.07) is 2.30. The summed E-state index contributed by atoms with van der Waals surface area (Å²) in [5, 5.41) is 0. The van der Waals surface area contributed by atoms with Crippen LogP contribution in [0.4, 0.5) is 0 Å². The monoisotopic (exact) mass is 188 g/mol. The van der Waals surface area contributed by atoms with Gasteiger partial charge in [-0.3, -0.25) is 0 Å². The zero-order valence-electron chi connectivity index (χ0n) is 10.2. The van der Waals surface area contributed by atoms with Gasteiger partial charge in [0.15, 0.2) is 0 Å². The number of benzene rings is 1. The van der Waals surface area contributed by atoms with Crippen molar-refractivity contribution in [2.75, 3.05) is 0 Å². The molecule has 0 unspecified atom stereocenters. The molecule has 14 heavy (non-hydrogen) atoms. The van der Waals surface area contributed by atoms with Crippen molar-refractivity contribution in [3.63, 3.8) is 0 Å². The van der Waals surface area contributed by atoms with Gasteiger partial charge in [-0.15, -0.1) is 0 Å². The largest absolute Gasteiger partial charge is 0.0841 e. The van der Waals surface area contributed by atoms with Crippen LogP contribution in [0.15, 0.2) is 12.1 Å². The van der Waals surface area contributed by atoms with Gasteiger partial charge in [-0.1, -0.05) is 12.1 Å².